The minimum absolute atomic E-state index is 0.0544. The van der Waals surface area contributed by atoms with E-state index in [-0.39, 0.29) is 6.10 Å². The summed E-state index contributed by atoms with van der Waals surface area (Å²) in [4.78, 5) is 8.74. The summed E-state index contributed by atoms with van der Waals surface area (Å²) >= 11 is 5.99. The molecule has 0 spiro atoms. The first-order valence-corrected chi connectivity index (χ1v) is 6.12. The molecule has 1 aromatic heterocycles. The first kappa shape index (κ1) is 13.4. The summed E-state index contributed by atoms with van der Waals surface area (Å²) in [5.41, 5.74) is 0.966. The Labute approximate surface area is 102 Å². The number of aromatic nitrogens is 2. The molecule has 3 nitrogen and oxygen atoms in total. The maximum atomic E-state index is 5.99. The summed E-state index contributed by atoms with van der Waals surface area (Å²) in [6.07, 6.45) is 0.798. The van der Waals surface area contributed by atoms with Crippen molar-refractivity contribution < 1.29 is 4.74 Å². The Hall–Kier alpha value is -0.670. The van der Waals surface area contributed by atoms with Gasteiger partial charge in [-0.15, -0.1) is 0 Å². The average Bonchev–Trinajstić information content (AvgIpc) is 2.24. The molecule has 0 fully saturated rings. The fourth-order valence-electron chi connectivity index (χ4n) is 1.47. The van der Waals surface area contributed by atoms with Gasteiger partial charge in [0.05, 0.1) is 0 Å². The SMILES string of the molecule is CCOC(CC)c1nc(Cl)cc(C(C)C)n1. The molecule has 0 aliphatic heterocycles. The van der Waals surface area contributed by atoms with Crippen LogP contribution in [0.1, 0.15) is 57.7 Å². The molecular weight excluding hydrogens is 224 g/mol. The van der Waals surface area contributed by atoms with Crippen LogP contribution in [-0.4, -0.2) is 16.6 Å². The minimum Gasteiger partial charge on any atom is -0.371 e. The van der Waals surface area contributed by atoms with Gasteiger partial charge in [0.25, 0.3) is 0 Å². The second kappa shape index (κ2) is 6.16. The van der Waals surface area contributed by atoms with E-state index < -0.39 is 0 Å². The van der Waals surface area contributed by atoms with Gasteiger partial charge in [0.1, 0.15) is 11.3 Å². The number of rotatable bonds is 5. The lowest BCUT2D eigenvalue weighted by Gasteiger charge is -2.15. The molecule has 1 atom stereocenters. The lowest BCUT2D eigenvalue weighted by molar-refractivity contribution is 0.0533. The van der Waals surface area contributed by atoms with E-state index in [4.69, 9.17) is 16.3 Å². The number of halogens is 1. The van der Waals surface area contributed by atoms with Crippen molar-refractivity contribution in [1.29, 1.82) is 0 Å². The van der Waals surface area contributed by atoms with Crippen molar-refractivity contribution in [2.24, 2.45) is 0 Å². The number of hydrogen-bond acceptors (Lipinski definition) is 3. The van der Waals surface area contributed by atoms with Crippen molar-refractivity contribution in [3.8, 4) is 0 Å². The van der Waals surface area contributed by atoms with E-state index in [9.17, 15) is 0 Å². The first-order valence-electron chi connectivity index (χ1n) is 5.74. The van der Waals surface area contributed by atoms with E-state index in [0.29, 0.717) is 23.5 Å². The molecule has 1 aromatic rings. The van der Waals surface area contributed by atoms with Crippen molar-refractivity contribution in [2.45, 2.75) is 46.1 Å². The van der Waals surface area contributed by atoms with Crippen molar-refractivity contribution >= 4 is 11.6 Å². The second-order valence-electron chi connectivity index (χ2n) is 3.98. The highest BCUT2D eigenvalue weighted by atomic mass is 35.5. The zero-order valence-electron chi connectivity index (χ0n) is 10.3. The van der Waals surface area contributed by atoms with Crippen LogP contribution in [0, 0.1) is 0 Å². The van der Waals surface area contributed by atoms with E-state index in [2.05, 4.69) is 30.7 Å². The van der Waals surface area contributed by atoms with Gasteiger partial charge in [0.15, 0.2) is 5.82 Å². The molecule has 0 amide bonds. The fraction of sp³-hybridized carbons (Fsp3) is 0.667. The normalized spacial score (nSPS) is 13.1. The summed E-state index contributed by atoms with van der Waals surface area (Å²) in [6.45, 7) is 8.86. The van der Waals surface area contributed by atoms with Crippen LogP contribution >= 0.6 is 11.6 Å². The van der Waals surface area contributed by atoms with Gasteiger partial charge in [-0.05, 0) is 25.3 Å². The average molecular weight is 243 g/mol. The van der Waals surface area contributed by atoms with Gasteiger partial charge < -0.3 is 4.74 Å². The molecule has 0 saturated carbocycles. The van der Waals surface area contributed by atoms with Crippen LogP contribution in [0.5, 0.6) is 0 Å². The Morgan fingerprint density at radius 2 is 2.00 bits per heavy atom. The van der Waals surface area contributed by atoms with Crippen LogP contribution in [0.4, 0.5) is 0 Å². The van der Waals surface area contributed by atoms with E-state index in [1.54, 1.807) is 0 Å². The fourth-order valence-corrected chi connectivity index (χ4v) is 1.67. The molecule has 90 valence electrons. The topological polar surface area (TPSA) is 35.0 Å². The molecule has 4 heteroatoms. The summed E-state index contributed by atoms with van der Waals surface area (Å²) in [6, 6.07) is 1.81. The highest BCUT2D eigenvalue weighted by Crippen LogP contribution is 2.22. The van der Waals surface area contributed by atoms with Gasteiger partial charge in [-0.3, -0.25) is 0 Å². The summed E-state index contributed by atoms with van der Waals surface area (Å²) in [5.74, 6) is 1.04. The Balaban J connectivity index is 3.02. The van der Waals surface area contributed by atoms with Gasteiger partial charge >= 0.3 is 0 Å². The monoisotopic (exact) mass is 242 g/mol. The van der Waals surface area contributed by atoms with Crippen LogP contribution in [-0.2, 0) is 4.74 Å². The highest BCUT2D eigenvalue weighted by Gasteiger charge is 2.15. The standard InChI is InChI=1S/C12H19ClN2O/c1-5-10(16-6-2)12-14-9(8(3)4)7-11(13)15-12/h7-8,10H,5-6H2,1-4H3. The van der Waals surface area contributed by atoms with Gasteiger partial charge in [-0.25, -0.2) is 9.97 Å². The largest absolute Gasteiger partial charge is 0.371 e. The number of nitrogens with zero attached hydrogens (tertiary/aromatic N) is 2. The quantitative estimate of drug-likeness (QED) is 0.738. The van der Waals surface area contributed by atoms with Crippen molar-refractivity contribution in [1.82, 2.24) is 9.97 Å². The Bertz CT molecular complexity index is 342. The van der Waals surface area contributed by atoms with Crippen molar-refractivity contribution in [2.75, 3.05) is 6.61 Å². The molecule has 1 heterocycles. The smallest absolute Gasteiger partial charge is 0.159 e. The first-order chi connectivity index (χ1) is 7.58. The van der Waals surface area contributed by atoms with E-state index >= 15 is 0 Å². The molecule has 0 aliphatic rings. The van der Waals surface area contributed by atoms with Crippen LogP contribution < -0.4 is 0 Å². The lowest BCUT2D eigenvalue weighted by atomic mass is 10.1. The van der Waals surface area contributed by atoms with E-state index in [0.717, 1.165) is 12.1 Å². The molecule has 16 heavy (non-hydrogen) atoms. The Kier molecular flexibility index (Phi) is 5.16. The third-order valence-corrected chi connectivity index (χ3v) is 2.54. The van der Waals surface area contributed by atoms with Crippen LogP contribution in [0.25, 0.3) is 0 Å². The zero-order chi connectivity index (χ0) is 12.1. The summed E-state index contributed by atoms with van der Waals surface area (Å²) in [5, 5.41) is 0.492. The van der Waals surface area contributed by atoms with E-state index in [1.807, 2.05) is 13.0 Å². The molecule has 0 saturated heterocycles. The minimum atomic E-state index is -0.0544. The van der Waals surface area contributed by atoms with Crippen LogP contribution in [0.3, 0.4) is 0 Å². The van der Waals surface area contributed by atoms with Crippen LogP contribution in [0.2, 0.25) is 5.15 Å². The molecule has 1 rings (SSSR count). The predicted octanol–water partition coefficient (Wildman–Crippen LogP) is 3.74. The molecule has 1 unspecified atom stereocenters. The summed E-state index contributed by atoms with van der Waals surface area (Å²) < 4.78 is 5.58. The molecule has 0 aromatic carbocycles. The van der Waals surface area contributed by atoms with Gasteiger partial charge in [0.2, 0.25) is 0 Å². The third kappa shape index (κ3) is 3.42. The number of ether oxygens (including phenoxy) is 1. The highest BCUT2D eigenvalue weighted by molar-refractivity contribution is 6.29. The molecule has 0 N–H and O–H groups in total. The predicted molar refractivity (Wildman–Crippen MR) is 65.8 cm³/mol. The van der Waals surface area contributed by atoms with Crippen molar-refractivity contribution in [3.63, 3.8) is 0 Å². The van der Waals surface area contributed by atoms with Crippen molar-refractivity contribution in [3.05, 3.63) is 22.7 Å². The Morgan fingerprint density at radius 1 is 1.31 bits per heavy atom. The molecule has 0 radical (unpaired) electrons. The maximum absolute atomic E-state index is 5.99. The molecule has 0 bridgehead atoms. The van der Waals surface area contributed by atoms with Gasteiger partial charge in [-0.2, -0.15) is 0 Å². The van der Waals surface area contributed by atoms with Crippen LogP contribution in [0.15, 0.2) is 6.07 Å². The maximum Gasteiger partial charge on any atom is 0.159 e. The molecular formula is C12H19ClN2O. The number of hydrogen-bond donors (Lipinski definition) is 0. The zero-order valence-corrected chi connectivity index (χ0v) is 11.1. The van der Waals surface area contributed by atoms with Gasteiger partial charge in [-0.1, -0.05) is 32.4 Å². The summed E-state index contributed by atoms with van der Waals surface area (Å²) in [7, 11) is 0. The van der Waals surface area contributed by atoms with Gasteiger partial charge in [0, 0.05) is 12.3 Å². The second-order valence-corrected chi connectivity index (χ2v) is 4.37. The third-order valence-electron chi connectivity index (χ3n) is 2.35. The lowest BCUT2D eigenvalue weighted by Crippen LogP contribution is -2.10. The Morgan fingerprint density at radius 3 is 2.50 bits per heavy atom. The van der Waals surface area contributed by atoms with E-state index in [1.165, 1.54) is 0 Å². The molecule has 0 aliphatic carbocycles.